The average molecular weight is 453 g/mol. The van der Waals surface area contributed by atoms with E-state index >= 15 is 0 Å². The highest BCUT2D eigenvalue weighted by atomic mass is 16.2. The quantitative estimate of drug-likeness (QED) is 0.588. The summed E-state index contributed by atoms with van der Waals surface area (Å²) < 4.78 is 0. The Morgan fingerprint density at radius 1 is 0.970 bits per heavy atom. The van der Waals surface area contributed by atoms with E-state index in [0.29, 0.717) is 19.4 Å². The molecule has 6 heteroatoms. The molecule has 2 N–H and O–H groups in total. The third kappa shape index (κ3) is 4.91. The fourth-order valence-electron chi connectivity index (χ4n) is 7.40. The van der Waals surface area contributed by atoms with Gasteiger partial charge in [-0.1, -0.05) is 19.1 Å². The van der Waals surface area contributed by atoms with Crippen LogP contribution in [0, 0.1) is 23.2 Å². The van der Waals surface area contributed by atoms with Crippen LogP contribution in [0.5, 0.6) is 0 Å². The van der Waals surface area contributed by atoms with Crippen molar-refractivity contribution >= 4 is 23.2 Å². The van der Waals surface area contributed by atoms with Crippen LogP contribution in [0.4, 0.5) is 11.4 Å². The number of nitrogens with one attached hydrogen (secondary N) is 2. The van der Waals surface area contributed by atoms with Crippen molar-refractivity contribution in [2.45, 2.75) is 58.3 Å². The van der Waals surface area contributed by atoms with Gasteiger partial charge in [-0.15, -0.1) is 0 Å². The maximum Gasteiger partial charge on any atom is 0.226 e. The van der Waals surface area contributed by atoms with Crippen LogP contribution < -0.4 is 15.5 Å². The zero-order valence-electron chi connectivity index (χ0n) is 20.2. The van der Waals surface area contributed by atoms with Crippen LogP contribution in [0.15, 0.2) is 24.3 Å². The first-order chi connectivity index (χ1) is 16.0. The van der Waals surface area contributed by atoms with Crippen LogP contribution in [0.2, 0.25) is 0 Å². The number of hydrogen-bond acceptors (Lipinski definition) is 4. The van der Waals surface area contributed by atoms with E-state index in [1.807, 2.05) is 18.2 Å². The molecule has 0 aromatic heterocycles. The number of hydrogen-bond donors (Lipinski definition) is 2. The molecule has 1 aromatic rings. The Morgan fingerprint density at radius 2 is 1.61 bits per heavy atom. The predicted octanol–water partition coefficient (Wildman–Crippen LogP) is 3.88. The largest absolute Gasteiger partial charge is 0.367 e. The van der Waals surface area contributed by atoms with E-state index in [9.17, 15) is 9.59 Å². The Balaban J connectivity index is 1.08. The summed E-state index contributed by atoms with van der Waals surface area (Å²) in [5.41, 5.74) is 1.90. The summed E-state index contributed by atoms with van der Waals surface area (Å²) in [6.45, 7) is 7.97. The number of benzene rings is 1. The molecular weight excluding hydrogens is 412 g/mol. The Morgan fingerprint density at radius 3 is 2.24 bits per heavy atom. The Bertz CT molecular complexity index is 826. The van der Waals surface area contributed by atoms with E-state index in [4.69, 9.17) is 0 Å². The zero-order chi connectivity index (χ0) is 22.8. The van der Waals surface area contributed by atoms with Crippen LogP contribution >= 0.6 is 0 Å². The highest BCUT2D eigenvalue weighted by Gasteiger charge is 2.54. The number of carbonyl (C=O) groups excluding carboxylic acids is 2. The third-order valence-corrected chi connectivity index (χ3v) is 8.72. The van der Waals surface area contributed by atoms with E-state index in [1.54, 1.807) is 0 Å². The van der Waals surface area contributed by atoms with E-state index < -0.39 is 0 Å². The minimum Gasteiger partial charge on any atom is -0.367 e. The molecule has 6 nitrogen and oxygen atoms in total. The van der Waals surface area contributed by atoms with Crippen molar-refractivity contribution in [3.8, 4) is 0 Å². The van der Waals surface area contributed by atoms with Gasteiger partial charge < -0.3 is 20.4 Å². The number of amides is 2. The van der Waals surface area contributed by atoms with Gasteiger partial charge in [-0.25, -0.2) is 0 Å². The summed E-state index contributed by atoms with van der Waals surface area (Å²) in [4.78, 5) is 30.6. The first kappa shape index (κ1) is 22.7. The van der Waals surface area contributed by atoms with Crippen molar-refractivity contribution in [1.29, 1.82) is 0 Å². The van der Waals surface area contributed by atoms with Crippen molar-refractivity contribution in [1.82, 2.24) is 10.2 Å². The van der Waals surface area contributed by atoms with Crippen molar-refractivity contribution < 1.29 is 9.59 Å². The van der Waals surface area contributed by atoms with Gasteiger partial charge in [0.1, 0.15) is 0 Å². The minimum atomic E-state index is -0.0995. The summed E-state index contributed by atoms with van der Waals surface area (Å²) >= 11 is 0. The van der Waals surface area contributed by atoms with Gasteiger partial charge in [0.15, 0.2) is 0 Å². The molecule has 180 valence electrons. The van der Waals surface area contributed by atoms with Crippen LogP contribution in [0.1, 0.15) is 58.3 Å². The van der Waals surface area contributed by atoms with Gasteiger partial charge in [-0.05, 0) is 81.4 Å². The van der Waals surface area contributed by atoms with Crippen molar-refractivity contribution in [2.75, 3.05) is 49.5 Å². The molecule has 0 atom stereocenters. The van der Waals surface area contributed by atoms with Gasteiger partial charge in [0.25, 0.3) is 0 Å². The van der Waals surface area contributed by atoms with Gasteiger partial charge in [0, 0.05) is 44.6 Å². The molecule has 6 rings (SSSR count). The maximum atomic E-state index is 13.1. The Kier molecular flexibility index (Phi) is 6.64. The zero-order valence-corrected chi connectivity index (χ0v) is 20.2. The second-order valence-electron chi connectivity index (χ2n) is 11.0. The minimum absolute atomic E-state index is 0.0266. The normalized spacial score (nSPS) is 30.9. The Labute approximate surface area is 198 Å². The molecule has 5 aliphatic rings. The highest BCUT2D eigenvalue weighted by molar-refractivity contribution is 5.94. The molecule has 1 aliphatic heterocycles. The maximum absolute atomic E-state index is 13.1. The lowest BCUT2D eigenvalue weighted by Gasteiger charge is -2.55. The number of piperazine rings is 1. The number of para-hydroxylation sites is 2. The lowest BCUT2D eigenvalue weighted by atomic mass is 9.49. The monoisotopic (exact) mass is 452 g/mol. The number of nitrogens with zero attached hydrogens (tertiary/aromatic N) is 2. The lowest BCUT2D eigenvalue weighted by Crippen LogP contribution is -2.53. The third-order valence-electron chi connectivity index (χ3n) is 8.72. The molecule has 0 unspecified atom stereocenters. The SMILES string of the molecule is CCN1CCN(c2ccccc2NC(=O)CCCNC(=O)C23CC4CC(CC(C4)C2)C3)CC1. The fraction of sp³-hybridized carbons (Fsp3) is 0.704. The van der Waals surface area contributed by atoms with E-state index in [1.165, 1.54) is 19.3 Å². The molecule has 4 bridgehead atoms. The summed E-state index contributed by atoms with van der Waals surface area (Å²) in [6.07, 6.45) is 8.44. The molecule has 0 radical (unpaired) electrons. The molecule has 5 fully saturated rings. The number of rotatable bonds is 8. The standard InChI is InChI=1S/C27H40N4O2/c1-2-30-10-12-31(13-11-30)24-7-4-3-6-23(24)29-25(32)8-5-9-28-26(33)27-17-20-14-21(18-27)16-22(15-20)19-27/h3-4,6-7,20-22H,2,5,8-19H2,1H3,(H,28,33)(H,29,32). The lowest BCUT2D eigenvalue weighted by molar-refractivity contribution is -0.146. The van der Waals surface area contributed by atoms with Gasteiger partial charge >= 0.3 is 0 Å². The summed E-state index contributed by atoms with van der Waals surface area (Å²) in [6, 6.07) is 8.11. The van der Waals surface area contributed by atoms with Gasteiger partial charge in [0.05, 0.1) is 11.4 Å². The average Bonchev–Trinajstić information content (AvgIpc) is 2.81. The molecule has 1 heterocycles. The number of anilines is 2. The summed E-state index contributed by atoms with van der Waals surface area (Å²) in [5, 5.41) is 6.32. The first-order valence-electron chi connectivity index (χ1n) is 13.2. The molecule has 1 aromatic carbocycles. The number of carbonyl (C=O) groups is 2. The van der Waals surface area contributed by atoms with E-state index in [2.05, 4.69) is 33.4 Å². The van der Waals surface area contributed by atoms with Crippen molar-refractivity contribution in [2.24, 2.45) is 23.2 Å². The second-order valence-corrected chi connectivity index (χ2v) is 11.0. The van der Waals surface area contributed by atoms with Crippen molar-refractivity contribution in [3.63, 3.8) is 0 Å². The van der Waals surface area contributed by atoms with E-state index in [-0.39, 0.29) is 17.2 Å². The van der Waals surface area contributed by atoms with Gasteiger partial charge in [-0.2, -0.15) is 0 Å². The molecule has 4 saturated carbocycles. The van der Waals surface area contributed by atoms with E-state index in [0.717, 1.165) is 81.1 Å². The molecule has 33 heavy (non-hydrogen) atoms. The molecular formula is C27H40N4O2. The smallest absolute Gasteiger partial charge is 0.226 e. The molecule has 1 saturated heterocycles. The number of likely N-dealkylation sites (N-methyl/N-ethyl adjacent to an activating group) is 1. The topological polar surface area (TPSA) is 64.7 Å². The summed E-state index contributed by atoms with van der Waals surface area (Å²) in [5.74, 6) is 2.62. The van der Waals surface area contributed by atoms with Gasteiger partial charge in [0.2, 0.25) is 11.8 Å². The van der Waals surface area contributed by atoms with Crippen molar-refractivity contribution in [3.05, 3.63) is 24.3 Å². The van der Waals surface area contributed by atoms with Crippen LogP contribution in [0.3, 0.4) is 0 Å². The molecule has 4 aliphatic carbocycles. The molecule has 2 amide bonds. The predicted molar refractivity (Wildman–Crippen MR) is 132 cm³/mol. The first-order valence-corrected chi connectivity index (χ1v) is 13.2. The van der Waals surface area contributed by atoms with Crippen LogP contribution in [-0.4, -0.2) is 56.0 Å². The van der Waals surface area contributed by atoms with Crippen LogP contribution in [-0.2, 0) is 9.59 Å². The molecule has 0 spiro atoms. The second kappa shape index (κ2) is 9.65. The Hall–Kier alpha value is -2.08. The van der Waals surface area contributed by atoms with Crippen LogP contribution in [0.25, 0.3) is 0 Å². The summed E-state index contributed by atoms with van der Waals surface area (Å²) in [7, 11) is 0. The fourth-order valence-corrected chi connectivity index (χ4v) is 7.40. The van der Waals surface area contributed by atoms with Gasteiger partial charge in [-0.3, -0.25) is 9.59 Å². The highest BCUT2D eigenvalue weighted by Crippen LogP contribution is 2.60.